The van der Waals surface area contributed by atoms with Crippen molar-refractivity contribution in [3.8, 4) is 11.5 Å². The van der Waals surface area contributed by atoms with Crippen molar-refractivity contribution in [3.63, 3.8) is 0 Å². The van der Waals surface area contributed by atoms with Crippen molar-refractivity contribution in [1.82, 2.24) is 0 Å². The van der Waals surface area contributed by atoms with Crippen LogP contribution in [0.3, 0.4) is 0 Å². The van der Waals surface area contributed by atoms with Crippen LogP contribution in [0.25, 0.3) is 0 Å². The standard InChI is InChI=1S/C17H17ClN2O6/c1-24-8-9-26-16-13(18)4-3-5-14(16)19-17(21)12-10-11(20(22)23)6-7-15(12)25-2/h3-7,10H,8-9H2,1-2H3,(H,19,21). The molecule has 0 aliphatic carbocycles. The summed E-state index contributed by atoms with van der Waals surface area (Å²) in [7, 11) is 2.91. The molecule has 2 aromatic rings. The summed E-state index contributed by atoms with van der Waals surface area (Å²) in [4.78, 5) is 23.0. The van der Waals surface area contributed by atoms with Gasteiger partial charge in [0, 0.05) is 19.2 Å². The zero-order chi connectivity index (χ0) is 19.1. The molecule has 0 aliphatic rings. The maximum Gasteiger partial charge on any atom is 0.270 e. The summed E-state index contributed by atoms with van der Waals surface area (Å²) >= 11 is 6.13. The lowest BCUT2D eigenvalue weighted by Gasteiger charge is -2.14. The summed E-state index contributed by atoms with van der Waals surface area (Å²) in [6, 6.07) is 8.63. The summed E-state index contributed by atoms with van der Waals surface area (Å²) in [5.41, 5.74) is 0.121. The van der Waals surface area contributed by atoms with E-state index in [1.54, 1.807) is 18.2 Å². The first-order valence-corrected chi connectivity index (χ1v) is 7.89. The Morgan fingerprint density at radius 3 is 2.65 bits per heavy atom. The number of para-hydroxylation sites is 1. The number of hydrogen-bond donors (Lipinski definition) is 1. The number of nitrogens with zero attached hydrogens (tertiary/aromatic N) is 1. The predicted octanol–water partition coefficient (Wildman–Crippen LogP) is 3.53. The first-order chi connectivity index (χ1) is 12.5. The number of nitro groups is 1. The quantitative estimate of drug-likeness (QED) is 0.427. The number of nitrogens with one attached hydrogen (secondary N) is 1. The Labute approximate surface area is 154 Å². The second-order valence-corrected chi connectivity index (χ2v) is 5.46. The van der Waals surface area contributed by atoms with E-state index in [1.165, 1.54) is 26.4 Å². The van der Waals surface area contributed by atoms with Gasteiger partial charge in [-0.1, -0.05) is 17.7 Å². The third-order valence-electron chi connectivity index (χ3n) is 3.39. The molecule has 0 radical (unpaired) electrons. The molecule has 2 rings (SSSR count). The van der Waals surface area contributed by atoms with E-state index < -0.39 is 10.8 Å². The van der Waals surface area contributed by atoms with E-state index in [0.29, 0.717) is 17.3 Å². The third kappa shape index (κ3) is 4.62. The number of amides is 1. The number of nitro benzene ring substituents is 1. The van der Waals surface area contributed by atoms with Crippen LogP contribution in [0.4, 0.5) is 11.4 Å². The molecule has 8 nitrogen and oxygen atoms in total. The van der Waals surface area contributed by atoms with E-state index in [1.807, 2.05) is 0 Å². The fourth-order valence-electron chi connectivity index (χ4n) is 2.16. The van der Waals surface area contributed by atoms with Gasteiger partial charge in [0.1, 0.15) is 12.4 Å². The second-order valence-electron chi connectivity index (χ2n) is 5.05. The van der Waals surface area contributed by atoms with Crippen LogP contribution in [-0.4, -0.2) is 38.3 Å². The highest BCUT2D eigenvalue weighted by atomic mass is 35.5. The number of halogens is 1. The molecule has 0 unspecified atom stereocenters. The van der Waals surface area contributed by atoms with E-state index in [-0.39, 0.29) is 29.4 Å². The number of methoxy groups -OCH3 is 2. The first-order valence-electron chi connectivity index (χ1n) is 7.52. The van der Waals surface area contributed by atoms with Gasteiger partial charge in [-0.05, 0) is 18.2 Å². The molecule has 26 heavy (non-hydrogen) atoms. The Hall–Kier alpha value is -2.84. The van der Waals surface area contributed by atoms with Gasteiger partial charge >= 0.3 is 0 Å². The Balaban J connectivity index is 2.31. The number of non-ortho nitro benzene ring substituents is 1. The van der Waals surface area contributed by atoms with Gasteiger partial charge in [0.25, 0.3) is 11.6 Å². The molecule has 1 amide bonds. The number of benzene rings is 2. The van der Waals surface area contributed by atoms with Crippen LogP contribution in [-0.2, 0) is 4.74 Å². The molecule has 0 atom stereocenters. The summed E-state index contributed by atoms with van der Waals surface area (Å²) in [5, 5.41) is 13.9. The van der Waals surface area contributed by atoms with Gasteiger partial charge in [0.2, 0.25) is 0 Å². The van der Waals surface area contributed by atoms with Crippen LogP contribution in [0.2, 0.25) is 5.02 Å². The summed E-state index contributed by atoms with van der Waals surface area (Å²) in [6.45, 7) is 0.584. The monoisotopic (exact) mass is 380 g/mol. The molecule has 9 heteroatoms. The van der Waals surface area contributed by atoms with Crippen LogP contribution >= 0.6 is 11.6 Å². The first kappa shape index (κ1) is 19.5. The summed E-state index contributed by atoms with van der Waals surface area (Å²) in [5.74, 6) is -0.106. The topological polar surface area (TPSA) is 99.9 Å². The maximum absolute atomic E-state index is 12.6. The number of rotatable bonds is 8. The smallest absolute Gasteiger partial charge is 0.270 e. The molecule has 0 saturated carbocycles. The average molecular weight is 381 g/mol. The zero-order valence-corrected chi connectivity index (χ0v) is 14.9. The number of anilines is 1. The van der Waals surface area contributed by atoms with Gasteiger partial charge in [-0.2, -0.15) is 0 Å². The molecule has 0 aliphatic heterocycles. The van der Waals surface area contributed by atoms with E-state index in [2.05, 4.69) is 5.32 Å². The van der Waals surface area contributed by atoms with E-state index in [0.717, 1.165) is 6.07 Å². The number of carbonyl (C=O) groups excluding carboxylic acids is 1. The maximum atomic E-state index is 12.6. The molecule has 0 heterocycles. The van der Waals surface area contributed by atoms with Gasteiger partial charge in [-0.15, -0.1) is 0 Å². The van der Waals surface area contributed by atoms with E-state index in [9.17, 15) is 14.9 Å². The molecular formula is C17H17ClN2O6. The van der Waals surface area contributed by atoms with Crippen LogP contribution in [0, 0.1) is 10.1 Å². The van der Waals surface area contributed by atoms with E-state index >= 15 is 0 Å². The third-order valence-corrected chi connectivity index (χ3v) is 3.69. The van der Waals surface area contributed by atoms with E-state index in [4.69, 9.17) is 25.8 Å². The van der Waals surface area contributed by atoms with Crippen molar-refractivity contribution in [1.29, 1.82) is 0 Å². The van der Waals surface area contributed by atoms with Crippen LogP contribution < -0.4 is 14.8 Å². The Morgan fingerprint density at radius 1 is 1.23 bits per heavy atom. The van der Waals surface area contributed by atoms with Crippen molar-refractivity contribution in [2.45, 2.75) is 0 Å². The molecular weight excluding hydrogens is 364 g/mol. The molecule has 0 spiro atoms. The average Bonchev–Trinajstić information content (AvgIpc) is 2.63. The Bertz CT molecular complexity index is 812. The fraction of sp³-hybridized carbons (Fsp3) is 0.235. The molecule has 1 N–H and O–H groups in total. The molecule has 0 fully saturated rings. The lowest BCUT2D eigenvalue weighted by atomic mass is 10.1. The lowest BCUT2D eigenvalue weighted by molar-refractivity contribution is -0.384. The molecule has 0 aromatic heterocycles. The second kappa shape index (κ2) is 9.02. The van der Waals surface area contributed by atoms with Gasteiger partial charge in [0.15, 0.2) is 5.75 Å². The van der Waals surface area contributed by atoms with Crippen molar-refractivity contribution < 1.29 is 23.9 Å². The summed E-state index contributed by atoms with van der Waals surface area (Å²) in [6.07, 6.45) is 0. The minimum absolute atomic E-state index is 0.0181. The molecule has 138 valence electrons. The van der Waals surface area contributed by atoms with Crippen molar-refractivity contribution in [2.75, 3.05) is 32.8 Å². The van der Waals surface area contributed by atoms with Crippen molar-refractivity contribution in [3.05, 3.63) is 57.1 Å². The predicted molar refractivity (Wildman–Crippen MR) is 96.4 cm³/mol. The molecule has 0 saturated heterocycles. The fourth-order valence-corrected chi connectivity index (χ4v) is 2.39. The highest BCUT2D eigenvalue weighted by Crippen LogP contribution is 2.34. The number of hydrogen-bond acceptors (Lipinski definition) is 6. The normalized spacial score (nSPS) is 10.3. The SMILES string of the molecule is COCCOc1c(Cl)cccc1NC(=O)c1cc([N+](=O)[O-])ccc1OC. The number of carbonyl (C=O) groups is 1. The van der Waals surface area contributed by atoms with Crippen LogP contribution in [0.1, 0.15) is 10.4 Å². The highest BCUT2D eigenvalue weighted by molar-refractivity contribution is 6.32. The van der Waals surface area contributed by atoms with Crippen molar-refractivity contribution in [2.24, 2.45) is 0 Å². The van der Waals surface area contributed by atoms with Crippen molar-refractivity contribution >= 4 is 28.9 Å². The zero-order valence-electron chi connectivity index (χ0n) is 14.2. The van der Waals surface area contributed by atoms with Gasteiger partial charge < -0.3 is 19.5 Å². The number of ether oxygens (including phenoxy) is 3. The molecule has 0 bridgehead atoms. The Kier molecular flexibility index (Phi) is 6.76. The Morgan fingerprint density at radius 2 is 2.00 bits per heavy atom. The minimum Gasteiger partial charge on any atom is -0.496 e. The summed E-state index contributed by atoms with van der Waals surface area (Å²) < 4.78 is 15.6. The van der Waals surface area contributed by atoms with Gasteiger partial charge in [-0.3, -0.25) is 14.9 Å². The van der Waals surface area contributed by atoms with Crippen LogP contribution in [0.15, 0.2) is 36.4 Å². The van der Waals surface area contributed by atoms with Crippen LogP contribution in [0.5, 0.6) is 11.5 Å². The molecule has 2 aromatic carbocycles. The lowest BCUT2D eigenvalue weighted by Crippen LogP contribution is -2.15. The van der Waals surface area contributed by atoms with Gasteiger partial charge in [-0.25, -0.2) is 0 Å². The highest BCUT2D eigenvalue weighted by Gasteiger charge is 2.19. The van der Waals surface area contributed by atoms with Gasteiger partial charge in [0.05, 0.1) is 34.9 Å². The minimum atomic E-state index is -0.593. The largest absolute Gasteiger partial charge is 0.496 e.